The van der Waals surface area contributed by atoms with Gasteiger partial charge >= 0.3 is 0 Å². The third-order valence-electron chi connectivity index (χ3n) is 7.23. The van der Waals surface area contributed by atoms with Gasteiger partial charge in [0.25, 0.3) is 0 Å². The minimum absolute atomic E-state index is 0.653. The maximum absolute atomic E-state index is 5.37. The Morgan fingerprint density at radius 2 is 1.72 bits per heavy atom. The zero-order valence-corrected chi connectivity index (χ0v) is 24.4. The van der Waals surface area contributed by atoms with Crippen molar-refractivity contribution in [1.29, 1.82) is 0 Å². The van der Waals surface area contributed by atoms with Gasteiger partial charge < -0.3 is 9.47 Å². The Hall–Kier alpha value is -4.04. The summed E-state index contributed by atoms with van der Waals surface area (Å²) in [7, 11) is 3.37. The van der Waals surface area contributed by atoms with Crippen molar-refractivity contribution in [3.05, 3.63) is 136 Å². The summed E-state index contributed by atoms with van der Waals surface area (Å²) < 4.78 is 10.6. The third-order valence-corrected chi connectivity index (χ3v) is 7.23. The maximum atomic E-state index is 5.37. The first-order valence-electron chi connectivity index (χ1n) is 13.6. The minimum atomic E-state index is 0.653. The molecule has 3 aromatic rings. The van der Waals surface area contributed by atoms with Gasteiger partial charge in [0.1, 0.15) is 11.5 Å². The van der Waals surface area contributed by atoms with Crippen molar-refractivity contribution in [1.82, 2.24) is 0 Å². The summed E-state index contributed by atoms with van der Waals surface area (Å²) in [4.78, 5) is 0. The lowest BCUT2D eigenvalue weighted by Gasteiger charge is -2.24. The van der Waals surface area contributed by atoms with Crippen LogP contribution in [0.3, 0.4) is 0 Å². The predicted molar refractivity (Wildman–Crippen MR) is 169 cm³/mol. The molecule has 2 aliphatic rings. The Morgan fingerprint density at radius 3 is 2.33 bits per heavy atom. The van der Waals surface area contributed by atoms with Crippen LogP contribution >= 0.6 is 0 Å². The molecule has 39 heavy (non-hydrogen) atoms. The van der Waals surface area contributed by atoms with Crippen molar-refractivity contribution in [2.45, 2.75) is 40.5 Å². The molecule has 0 amide bonds. The molecule has 0 aliphatic heterocycles. The summed E-state index contributed by atoms with van der Waals surface area (Å²) in [5.41, 5.74) is 6.91. The first-order chi connectivity index (χ1) is 18.9. The second-order valence-electron chi connectivity index (χ2n) is 9.79. The van der Waals surface area contributed by atoms with Crippen molar-refractivity contribution in [3.8, 4) is 5.75 Å². The first-order valence-corrected chi connectivity index (χ1v) is 13.6. The zero-order chi connectivity index (χ0) is 28.4. The molecule has 1 atom stereocenters. The molecule has 1 unspecified atom stereocenters. The molecular formula is C37H42O2. The van der Waals surface area contributed by atoms with Gasteiger partial charge in [-0.3, -0.25) is 0 Å². The highest BCUT2D eigenvalue weighted by Crippen LogP contribution is 2.34. The lowest BCUT2D eigenvalue weighted by atomic mass is 9.81. The number of hydrogen-bond donors (Lipinski definition) is 0. The van der Waals surface area contributed by atoms with Gasteiger partial charge in [-0.2, -0.15) is 0 Å². The number of ether oxygens (including phenoxy) is 2. The normalized spacial score (nSPS) is 16.2. The fourth-order valence-corrected chi connectivity index (χ4v) is 5.31. The number of benzene rings is 3. The van der Waals surface area contributed by atoms with E-state index in [1.165, 1.54) is 33.9 Å². The molecule has 2 aliphatic carbocycles. The molecule has 3 aromatic carbocycles. The molecule has 0 radical (unpaired) electrons. The highest BCUT2D eigenvalue weighted by Gasteiger charge is 2.18. The van der Waals surface area contributed by atoms with Gasteiger partial charge in [0.2, 0.25) is 0 Å². The minimum Gasteiger partial charge on any atom is -0.496 e. The van der Waals surface area contributed by atoms with E-state index in [9.17, 15) is 0 Å². The number of fused-ring (bicyclic) bond motifs is 2. The fraction of sp³-hybridized carbons (Fsp3) is 0.243. The smallest absolute Gasteiger partial charge is 0.126 e. The summed E-state index contributed by atoms with van der Waals surface area (Å²) in [6, 6.07) is 18.5. The highest BCUT2D eigenvalue weighted by atomic mass is 16.5. The monoisotopic (exact) mass is 518 g/mol. The van der Waals surface area contributed by atoms with E-state index < -0.39 is 0 Å². The molecule has 5 rings (SSSR count). The van der Waals surface area contributed by atoms with Crippen molar-refractivity contribution < 1.29 is 9.47 Å². The van der Waals surface area contributed by atoms with Crippen LogP contribution in [0.5, 0.6) is 5.75 Å². The SMILES string of the molecule is C=C/C(OC)=c1/c(C)cccc1=C.CC1=CC=CC2CC=CC(C)=C12.CCc1cccc2cccc(OC)c12. The van der Waals surface area contributed by atoms with Gasteiger partial charge in [-0.15, -0.1) is 0 Å². The summed E-state index contributed by atoms with van der Waals surface area (Å²) in [5, 5.41) is 4.51. The first kappa shape index (κ1) is 29.5. The van der Waals surface area contributed by atoms with Crippen LogP contribution in [0.1, 0.15) is 38.3 Å². The van der Waals surface area contributed by atoms with Crippen LogP contribution in [0.15, 0.2) is 114 Å². The van der Waals surface area contributed by atoms with Gasteiger partial charge in [0.15, 0.2) is 0 Å². The van der Waals surface area contributed by atoms with Crippen LogP contribution < -0.4 is 15.2 Å². The Balaban J connectivity index is 0.000000162. The highest BCUT2D eigenvalue weighted by molar-refractivity contribution is 5.91. The van der Waals surface area contributed by atoms with Crippen LogP contribution in [0.2, 0.25) is 0 Å². The van der Waals surface area contributed by atoms with Crippen LogP contribution in [0.25, 0.3) is 23.1 Å². The number of allylic oxidation sites excluding steroid dienone is 8. The maximum Gasteiger partial charge on any atom is 0.126 e. The molecular weight excluding hydrogens is 476 g/mol. The zero-order valence-electron chi connectivity index (χ0n) is 24.4. The fourth-order valence-electron chi connectivity index (χ4n) is 5.31. The quantitative estimate of drug-likeness (QED) is 0.347. The Kier molecular flexibility index (Phi) is 10.8. The number of rotatable bonds is 4. The Morgan fingerprint density at radius 1 is 1.00 bits per heavy atom. The van der Waals surface area contributed by atoms with E-state index in [-0.39, 0.29) is 0 Å². The van der Waals surface area contributed by atoms with Crippen molar-refractivity contribution in [2.75, 3.05) is 14.2 Å². The Labute approximate surface area is 234 Å². The molecule has 2 nitrogen and oxygen atoms in total. The van der Waals surface area contributed by atoms with E-state index in [4.69, 9.17) is 9.47 Å². The van der Waals surface area contributed by atoms with E-state index in [0.717, 1.165) is 33.9 Å². The largest absolute Gasteiger partial charge is 0.496 e. The summed E-state index contributed by atoms with van der Waals surface area (Å²) in [6.07, 6.45) is 15.1. The van der Waals surface area contributed by atoms with E-state index in [1.807, 2.05) is 37.3 Å². The molecule has 0 aromatic heterocycles. The van der Waals surface area contributed by atoms with Crippen LogP contribution in [0, 0.1) is 12.8 Å². The van der Waals surface area contributed by atoms with Crippen LogP contribution in [-0.2, 0) is 11.2 Å². The Bertz CT molecular complexity index is 1510. The molecule has 0 saturated heterocycles. The van der Waals surface area contributed by atoms with E-state index in [1.54, 1.807) is 25.9 Å². The van der Waals surface area contributed by atoms with Crippen molar-refractivity contribution in [3.63, 3.8) is 0 Å². The molecule has 2 heteroatoms. The average Bonchev–Trinajstić information content (AvgIpc) is 2.95. The molecule has 0 spiro atoms. The molecule has 0 saturated carbocycles. The van der Waals surface area contributed by atoms with E-state index in [2.05, 4.69) is 88.6 Å². The average molecular weight is 519 g/mol. The lowest BCUT2D eigenvalue weighted by Crippen LogP contribution is -2.28. The van der Waals surface area contributed by atoms with Gasteiger partial charge in [-0.25, -0.2) is 0 Å². The second kappa shape index (κ2) is 14.2. The van der Waals surface area contributed by atoms with Crippen molar-refractivity contribution >= 4 is 23.1 Å². The lowest BCUT2D eigenvalue weighted by molar-refractivity contribution is 0.370. The second-order valence-corrected chi connectivity index (χ2v) is 9.79. The molecule has 0 fully saturated rings. The van der Waals surface area contributed by atoms with Gasteiger partial charge in [-0.05, 0) is 84.2 Å². The topological polar surface area (TPSA) is 18.5 Å². The number of aryl methyl sites for hydroxylation is 2. The molecule has 0 bridgehead atoms. The summed E-state index contributed by atoms with van der Waals surface area (Å²) in [6.45, 7) is 16.3. The standard InChI is InChI=1S/C13H14O.C12H14O.C12H14/c1-3-10-6-4-7-11-8-5-9-12(14-2)13(10)11;1-5-11(13-4)12-9(2)7-6-8-10(12)3;1-9-5-3-7-11-8-4-6-10(2)12(9)11/h4-9H,3H2,1-2H3;5-8H,1-2H2,3-4H3;3-7,11H,8H2,1-2H3/b;12-11-;. The van der Waals surface area contributed by atoms with E-state index in [0.29, 0.717) is 5.92 Å². The van der Waals surface area contributed by atoms with Crippen LogP contribution in [0.4, 0.5) is 0 Å². The molecule has 0 N–H and O–H groups in total. The van der Waals surface area contributed by atoms with Gasteiger partial charge in [0.05, 0.1) is 14.2 Å². The third kappa shape index (κ3) is 7.09. The number of hydrogen-bond acceptors (Lipinski definition) is 2. The summed E-state index contributed by atoms with van der Waals surface area (Å²) >= 11 is 0. The van der Waals surface area contributed by atoms with Gasteiger partial charge in [-0.1, -0.05) is 99.0 Å². The van der Waals surface area contributed by atoms with E-state index >= 15 is 0 Å². The number of methoxy groups -OCH3 is 2. The van der Waals surface area contributed by atoms with Crippen LogP contribution in [-0.4, -0.2) is 14.2 Å². The predicted octanol–water partition coefficient (Wildman–Crippen LogP) is 8.15. The van der Waals surface area contributed by atoms with Gasteiger partial charge in [0, 0.05) is 16.5 Å². The molecule has 0 heterocycles. The summed E-state index contributed by atoms with van der Waals surface area (Å²) in [5.74, 6) is 2.41. The van der Waals surface area contributed by atoms with Crippen molar-refractivity contribution in [2.24, 2.45) is 5.92 Å². The molecule has 202 valence electrons.